The Labute approximate surface area is 161 Å². The number of hydrogen-bond donors (Lipinski definition) is 2. The fourth-order valence-electron chi connectivity index (χ4n) is 2.07. The van der Waals surface area contributed by atoms with Gasteiger partial charge in [0.15, 0.2) is 5.96 Å². The number of carbonyl (C=O) groups excluding carboxylic acids is 1. The Morgan fingerprint density at radius 3 is 2.29 bits per heavy atom. The van der Waals surface area contributed by atoms with Gasteiger partial charge in [0.05, 0.1) is 13.2 Å². The summed E-state index contributed by atoms with van der Waals surface area (Å²) in [5, 5.41) is 8.59. The molecule has 9 heteroatoms. The first-order valence-electron chi connectivity index (χ1n) is 8.05. The maximum atomic E-state index is 12.0. The number of aliphatic hydroxyl groups is 1. The van der Waals surface area contributed by atoms with Gasteiger partial charge in [-0.25, -0.2) is 4.79 Å². The van der Waals surface area contributed by atoms with Gasteiger partial charge in [-0.1, -0.05) is 0 Å². The molecule has 1 aliphatic rings. The first-order valence-corrected chi connectivity index (χ1v) is 8.05. The molecular weight excluding hydrogens is 427 g/mol. The summed E-state index contributed by atoms with van der Waals surface area (Å²) in [5.74, 6) is 0.496. The fraction of sp³-hybridized carbons (Fsp3) is 0.867. The van der Waals surface area contributed by atoms with E-state index in [2.05, 4.69) is 4.99 Å². The Hall–Kier alpha value is -0.810. The van der Waals surface area contributed by atoms with Crippen molar-refractivity contribution in [2.45, 2.75) is 32.8 Å². The molecule has 0 bridgehead atoms. The van der Waals surface area contributed by atoms with Crippen LogP contribution < -0.4 is 5.73 Å². The van der Waals surface area contributed by atoms with Gasteiger partial charge >= 0.3 is 6.09 Å². The molecule has 1 saturated heterocycles. The molecule has 0 aromatic heterocycles. The van der Waals surface area contributed by atoms with E-state index in [0.717, 1.165) is 6.42 Å². The summed E-state index contributed by atoms with van der Waals surface area (Å²) < 4.78 is 10.5. The van der Waals surface area contributed by atoms with Crippen LogP contribution in [0.1, 0.15) is 27.2 Å². The summed E-state index contributed by atoms with van der Waals surface area (Å²) in [4.78, 5) is 20.0. The number of nitrogens with zero attached hydrogens (tertiary/aromatic N) is 3. The zero-order chi connectivity index (χ0) is 17.3. The summed E-state index contributed by atoms with van der Waals surface area (Å²) in [6, 6.07) is 0. The fourth-order valence-corrected chi connectivity index (χ4v) is 2.07. The minimum atomic E-state index is -0.479. The lowest BCUT2D eigenvalue weighted by Gasteiger charge is -2.36. The molecule has 0 aromatic rings. The summed E-state index contributed by atoms with van der Waals surface area (Å²) in [5.41, 5.74) is 5.49. The Kier molecular flexibility index (Phi) is 11.3. The van der Waals surface area contributed by atoms with Gasteiger partial charge in [0, 0.05) is 39.3 Å². The number of carbonyl (C=O) groups is 1. The average Bonchev–Trinajstić information content (AvgIpc) is 2.49. The third-order valence-corrected chi connectivity index (χ3v) is 3.21. The second-order valence-electron chi connectivity index (χ2n) is 6.38. The molecule has 1 rings (SSSR count). The zero-order valence-corrected chi connectivity index (χ0v) is 17.2. The van der Waals surface area contributed by atoms with E-state index in [-0.39, 0.29) is 36.7 Å². The average molecular weight is 458 g/mol. The van der Waals surface area contributed by atoms with Gasteiger partial charge in [-0.3, -0.25) is 4.99 Å². The molecular formula is C15H31IN4O4. The predicted molar refractivity (Wildman–Crippen MR) is 104 cm³/mol. The molecule has 1 amide bonds. The molecule has 0 atom stereocenters. The van der Waals surface area contributed by atoms with Crippen LogP contribution in [0.2, 0.25) is 0 Å². The lowest BCUT2D eigenvalue weighted by molar-refractivity contribution is 0.0186. The number of aliphatic hydroxyl groups excluding tert-OH is 1. The maximum Gasteiger partial charge on any atom is 0.410 e. The molecule has 1 heterocycles. The van der Waals surface area contributed by atoms with E-state index in [4.69, 9.17) is 20.3 Å². The maximum absolute atomic E-state index is 12.0. The predicted octanol–water partition coefficient (Wildman–Crippen LogP) is 0.871. The van der Waals surface area contributed by atoms with Crippen LogP contribution in [0, 0.1) is 0 Å². The quantitative estimate of drug-likeness (QED) is 0.265. The number of aliphatic imine (C=N–C) groups is 1. The molecule has 24 heavy (non-hydrogen) atoms. The van der Waals surface area contributed by atoms with E-state index in [0.29, 0.717) is 51.9 Å². The molecule has 0 radical (unpaired) electrons. The second kappa shape index (κ2) is 11.7. The van der Waals surface area contributed by atoms with Crippen molar-refractivity contribution in [3.8, 4) is 0 Å². The van der Waals surface area contributed by atoms with Gasteiger partial charge in [0.25, 0.3) is 0 Å². The summed E-state index contributed by atoms with van der Waals surface area (Å²) in [6.07, 6.45) is 0.479. The van der Waals surface area contributed by atoms with Crippen LogP contribution in [-0.4, -0.2) is 85.1 Å². The first kappa shape index (κ1) is 23.2. The number of nitrogens with two attached hydrogens (primary N) is 1. The van der Waals surface area contributed by atoms with E-state index >= 15 is 0 Å². The molecule has 1 aliphatic heterocycles. The lowest BCUT2D eigenvalue weighted by atomic mass is 10.2. The largest absolute Gasteiger partial charge is 0.444 e. The van der Waals surface area contributed by atoms with E-state index in [1.54, 1.807) is 4.90 Å². The highest BCUT2D eigenvalue weighted by molar-refractivity contribution is 14.0. The van der Waals surface area contributed by atoms with Crippen molar-refractivity contribution in [3.63, 3.8) is 0 Å². The van der Waals surface area contributed by atoms with Crippen molar-refractivity contribution in [1.29, 1.82) is 0 Å². The first-order chi connectivity index (χ1) is 10.8. The van der Waals surface area contributed by atoms with E-state index in [9.17, 15) is 4.79 Å². The van der Waals surface area contributed by atoms with Crippen LogP contribution in [0.4, 0.5) is 4.79 Å². The minimum absolute atomic E-state index is 0. The van der Waals surface area contributed by atoms with Gasteiger partial charge in [-0.05, 0) is 27.2 Å². The summed E-state index contributed by atoms with van der Waals surface area (Å²) in [6.45, 7) is 9.55. The van der Waals surface area contributed by atoms with Gasteiger partial charge < -0.3 is 30.1 Å². The molecule has 0 unspecified atom stereocenters. The van der Waals surface area contributed by atoms with Crippen molar-refractivity contribution < 1.29 is 19.4 Å². The number of guanidine groups is 1. The van der Waals surface area contributed by atoms with Crippen molar-refractivity contribution in [1.82, 2.24) is 9.80 Å². The monoisotopic (exact) mass is 458 g/mol. The Morgan fingerprint density at radius 2 is 1.75 bits per heavy atom. The molecule has 142 valence electrons. The molecule has 3 N–H and O–H groups in total. The van der Waals surface area contributed by atoms with Gasteiger partial charge in [-0.15, -0.1) is 24.0 Å². The normalized spacial score (nSPS) is 15.9. The lowest BCUT2D eigenvalue weighted by Crippen LogP contribution is -2.53. The van der Waals surface area contributed by atoms with Crippen molar-refractivity contribution >= 4 is 36.0 Å². The van der Waals surface area contributed by atoms with Crippen LogP contribution in [0.25, 0.3) is 0 Å². The number of ether oxygens (including phenoxy) is 2. The Bertz CT molecular complexity index is 393. The Morgan fingerprint density at radius 1 is 1.17 bits per heavy atom. The molecule has 1 fully saturated rings. The number of piperazine rings is 1. The smallest absolute Gasteiger partial charge is 0.410 e. The molecule has 0 saturated carbocycles. The van der Waals surface area contributed by atoms with Crippen molar-refractivity contribution in [3.05, 3.63) is 0 Å². The number of rotatable bonds is 6. The van der Waals surface area contributed by atoms with Crippen LogP contribution >= 0.6 is 24.0 Å². The van der Waals surface area contributed by atoms with Gasteiger partial charge in [0.1, 0.15) is 5.60 Å². The van der Waals surface area contributed by atoms with Crippen LogP contribution in [-0.2, 0) is 9.47 Å². The van der Waals surface area contributed by atoms with E-state index in [1.807, 2.05) is 25.7 Å². The van der Waals surface area contributed by atoms with Crippen molar-refractivity contribution in [2.75, 3.05) is 52.5 Å². The highest BCUT2D eigenvalue weighted by Crippen LogP contribution is 2.11. The SMILES string of the molecule is CC(C)(C)OC(=O)N1CCN(C(N)=NCCCOCCO)CC1.I. The van der Waals surface area contributed by atoms with E-state index in [1.165, 1.54) is 0 Å². The third-order valence-electron chi connectivity index (χ3n) is 3.21. The molecule has 0 aliphatic carbocycles. The topological polar surface area (TPSA) is 101 Å². The zero-order valence-electron chi connectivity index (χ0n) is 14.9. The number of amides is 1. The highest BCUT2D eigenvalue weighted by atomic mass is 127. The minimum Gasteiger partial charge on any atom is -0.444 e. The van der Waals surface area contributed by atoms with Crippen molar-refractivity contribution in [2.24, 2.45) is 10.7 Å². The second-order valence-corrected chi connectivity index (χ2v) is 6.38. The highest BCUT2D eigenvalue weighted by Gasteiger charge is 2.26. The number of hydrogen-bond acceptors (Lipinski definition) is 5. The summed E-state index contributed by atoms with van der Waals surface area (Å²) in [7, 11) is 0. The van der Waals surface area contributed by atoms with E-state index < -0.39 is 5.60 Å². The Balaban J connectivity index is 0.00000529. The van der Waals surface area contributed by atoms with Crippen LogP contribution in [0.15, 0.2) is 4.99 Å². The van der Waals surface area contributed by atoms with Crippen LogP contribution in [0.3, 0.4) is 0 Å². The van der Waals surface area contributed by atoms with Gasteiger partial charge in [-0.2, -0.15) is 0 Å². The van der Waals surface area contributed by atoms with Crippen LogP contribution in [0.5, 0.6) is 0 Å². The standard InChI is InChI=1S/C15H30N4O4.HI/c1-15(2,3)23-14(21)19-8-6-18(7-9-19)13(16)17-5-4-11-22-12-10-20;/h20H,4-12H2,1-3H3,(H2,16,17);1H. The molecule has 0 aromatic carbocycles. The number of halogens is 1. The van der Waals surface area contributed by atoms with Gasteiger partial charge in [0.2, 0.25) is 0 Å². The molecule has 8 nitrogen and oxygen atoms in total. The molecule has 0 spiro atoms. The summed E-state index contributed by atoms with van der Waals surface area (Å²) >= 11 is 0. The third kappa shape index (κ3) is 9.48.